The number of carbonyl (C=O) groups is 2. The number of carbonyl (C=O) groups excluding carboxylic acids is 2. The van der Waals surface area contributed by atoms with Gasteiger partial charge in [0.05, 0.1) is 24.3 Å². The van der Waals surface area contributed by atoms with Gasteiger partial charge in [-0.15, -0.1) is 0 Å². The van der Waals surface area contributed by atoms with Gasteiger partial charge in [0.15, 0.2) is 0 Å². The molecule has 0 aromatic heterocycles. The number of aliphatic hydroxyl groups is 1. The summed E-state index contributed by atoms with van der Waals surface area (Å²) in [7, 11) is 0. The van der Waals surface area contributed by atoms with Crippen LogP contribution in [0.15, 0.2) is 30.3 Å². The van der Waals surface area contributed by atoms with E-state index in [4.69, 9.17) is 16.7 Å². The summed E-state index contributed by atoms with van der Waals surface area (Å²) >= 11 is 6.15. The third kappa shape index (κ3) is 1.64. The van der Waals surface area contributed by atoms with E-state index in [2.05, 4.69) is 0 Å². The number of β-amino-alcohol motifs (C(OH)–C–C–N with tert-alkyl or cyclic N) is 1. The lowest BCUT2D eigenvalue weighted by Crippen LogP contribution is -2.32. The Labute approximate surface area is 114 Å². The normalized spacial score (nSPS) is 14.3. The van der Waals surface area contributed by atoms with E-state index >= 15 is 0 Å². The number of fused-ring (bicyclic) bond motifs is 3. The van der Waals surface area contributed by atoms with Crippen LogP contribution in [0.1, 0.15) is 20.7 Å². The molecule has 1 aliphatic heterocycles. The van der Waals surface area contributed by atoms with Gasteiger partial charge in [-0.25, -0.2) is 0 Å². The third-order valence-corrected chi connectivity index (χ3v) is 3.56. The molecule has 0 atom stereocenters. The number of amides is 2. The Hall–Kier alpha value is -1.91. The summed E-state index contributed by atoms with van der Waals surface area (Å²) in [4.78, 5) is 25.5. The van der Waals surface area contributed by atoms with Gasteiger partial charge in [0.1, 0.15) is 0 Å². The van der Waals surface area contributed by atoms with Gasteiger partial charge in [0, 0.05) is 10.4 Å². The molecule has 3 rings (SSSR count). The molecule has 1 N–H and O–H groups in total. The smallest absolute Gasteiger partial charge is 0.262 e. The first kappa shape index (κ1) is 12.1. The fourth-order valence-corrected chi connectivity index (χ4v) is 2.68. The Bertz CT molecular complexity index is 711. The summed E-state index contributed by atoms with van der Waals surface area (Å²) in [5.74, 6) is -0.774. The quantitative estimate of drug-likeness (QED) is 0.854. The van der Waals surface area contributed by atoms with Crippen LogP contribution in [0.3, 0.4) is 0 Å². The second-order valence-corrected chi connectivity index (χ2v) is 4.72. The molecule has 96 valence electrons. The Morgan fingerprint density at radius 1 is 1.11 bits per heavy atom. The first-order chi connectivity index (χ1) is 9.15. The van der Waals surface area contributed by atoms with Crippen molar-refractivity contribution >= 4 is 34.2 Å². The topological polar surface area (TPSA) is 57.6 Å². The molecular formula is C14H10ClNO3. The molecule has 0 spiro atoms. The number of hydrogen-bond donors (Lipinski definition) is 1. The van der Waals surface area contributed by atoms with Crippen molar-refractivity contribution in [1.82, 2.24) is 4.90 Å². The number of rotatable bonds is 2. The molecule has 1 aliphatic rings. The predicted octanol–water partition coefficient (Wildman–Crippen LogP) is 2.08. The lowest BCUT2D eigenvalue weighted by atomic mass is 10.0. The largest absolute Gasteiger partial charge is 0.395 e. The minimum atomic E-state index is -0.401. The highest BCUT2D eigenvalue weighted by molar-refractivity contribution is 6.38. The van der Waals surface area contributed by atoms with Crippen LogP contribution >= 0.6 is 11.6 Å². The zero-order chi connectivity index (χ0) is 13.6. The van der Waals surface area contributed by atoms with E-state index in [9.17, 15) is 9.59 Å². The van der Waals surface area contributed by atoms with Gasteiger partial charge in [0.25, 0.3) is 11.8 Å². The number of imide groups is 1. The molecule has 0 radical (unpaired) electrons. The summed E-state index contributed by atoms with van der Waals surface area (Å²) in [5, 5.41) is 10.8. The van der Waals surface area contributed by atoms with Gasteiger partial charge >= 0.3 is 0 Å². The average molecular weight is 276 g/mol. The summed E-state index contributed by atoms with van der Waals surface area (Å²) in [6, 6.07) is 8.73. The SMILES string of the molecule is O=C1c2cc(Cl)c3ccccc3c2C(=O)N1CCO. The number of aliphatic hydroxyl groups excluding tert-OH is 1. The zero-order valence-electron chi connectivity index (χ0n) is 9.89. The van der Waals surface area contributed by atoms with Crippen LogP contribution < -0.4 is 0 Å². The lowest BCUT2D eigenvalue weighted by Gasteiger charge is -2.10. The van der Waals surface area contributed by atoms with Gasteiger partial charge in [-0.3, -0.25) is 14.5 Å². The van der Waals surface area contributed by atoms with Crippen molar-refractivity contribution in [1.29, 1.82) is 0 Å². The Kier molecular flexibility index (Phi) is 2.77. The van der Waals surface area contributed by atoms with Crippen LogP contribution in [-0.2, 0) is 0 Å². The van der Waals surface area contributed by atoms with Gasteiger partial charge in [-0.2, -0.15) is 0 Å². The maximum Gasteiger partial charge on any atom is 0.262 e. The highest BCUT2D eigenvalue weighted by Crippen LogP contribution is 2.34. The summed E-state index contributed by atoms with van der Waals surface area (Å²) in [5.41, 5.74) is 0.681. The molecule has 5 heteroatoms. The summed E-state index contributed by atoms with van der Waals surface area (Å²) in [6.07, 6.45) is 0. The molecule has 0 aliphatic carbocycles. The van der Waals surface area contributed by atoms with E-state index in [1.807, 2.05) is 12.1 Å². The summed E-state index contributed by atoms with van der Waals surface area (Å²) < 4.78 is 0. The number of benzene rings is 2. The lowest BCUT2D eigenvalue weighted by molar-refractivity contribution is 0.0625. The zero-order valence-corrected chi connectivity index (χ0v) is 10.6. The Morgan fingerprint density at radius 2 is 1.79 bits per heavy atom. The number of hydrogen-bond acceptors (Lipinski definition) is 3. The van der Waals surface area contributed by atoms with E-state index in [-0.39, 0.29) is 19.1 Å². The van der Waals surface area contributed by atoms with Crippen molar-refractivity contribution in [2.45, 2.75) is 0 Å². The molecule has 2 aromatic rings. The molecule has 0 saturated heterocycles. The molecule has 2 aromatic carbocycles. The van der Waals surface area contributed by atoms with E-state index in [0.717, 1.165) is 10.3 Å². The average Bonchev–Trinajstić information content (AvgIpc) is 2.65. The van der Waals surface area contributed by atoms with Gasteiger partial charge < -0.3 is 5.11 Å². The van der Waals surface area contributed by atoms with E-state index in [1.165, 1.54) is 6.07 Å². The minimum Gasteiger partial charge on any atom is -0.395 e. The predicted molar refractivity (Wildman–Crippen MR) is 71.4 cm³/mol. The van der Waals surface area contributed by atoms with Gasteiger partial charge in [-0.05, 0) is 11.5 Å². The first-order valence-corrected chi connectivity index (χ1v) is 6.21. The Morgan fingerprint density at radius 3 is 2.47 bits per heavy atom. The highest BCUT2D eigenvalue weighted by atomic mass is 35.5. The van der Waals surface area contributed by atoms with E-state index in [1.54, 1.807) is 12.1 Å². The molecule has 4 nitrogen and oxygen atoms in total. The monoisotopic (exact) mass is 275 g/mol. The van der Waals surface area contributed by atoms with Crippen molar-refractivity contribution in [2.24, 2.45) is 0 Å². The van der Waals surface area contributed by atoms with Crippen LogP contribution in [0.4, 0.5) is 0 Å². The van der Waals surface area contributed by atoms with E-state index in [0.29, 0.717) is 21.5 Å². The van der Waals surface area contributed by atoms with Crippen molar-refractivity contribution in [3.05, 3.63) is 46.5 Å². The number of halogens is 1. The molecule has 0 unspecified atom stereocenters. The number of nitrogens with zero attached hydrogens (tertiary/aromatic N) is 1. The maximum absolute atomic E-state index is 12.3. The molecule has 0 fully saturated rings. The fraction of sp³-hybridized carbons (Fsp3) is 0.143. The van der Waals surface area contributed by atoms with Crippen molar-refractivity contribution in [3.8, 4) is 0 Å². The summed E-state index contributed by atoms with van der Waals surface area (Å²) in [6.45, 7) is -0.255. The third-order valence-electron chi connectivity index (χ3n) is 3.25. The van der Waals surface area contributed by atoms with Crippen LogP contribution in [-0.4, -0.2) is 35.0 Å². The highest BCUT2D eigenvalue weighted by Gasteiger charge is 2.37. The fourth-order valence-electron chi connectivity index (χ4n) is 2.41. The standard InChI is InChI=1S/C14H10ClNO3/c15-11-7-10-12(9-4-2-1-3-8(9)11)14(19)16(5-6-17)13(10)18/h1-4,7,17H,5-6H2. The van der Waals surface area contributed by atoms with Crippen LogP contribution in [0.25, 0.3) is 10.8 Å². The van der Waals surface area contributed by atoms with E-state index < -0.39 is 5.91 Å². The minimum absolute atomic E-state index is 0.00169. The molecular weight excluding hydrogens is 266 g/mol. The van der Waals surface area contributed by atoms with Gasteiger partial charge in [-0.1, -0.05) is 35.9 Å². The van der Waals surface area contributed by atoms with Crippen molar-refractivity contribution < 1.29 is 14.7 Å². The molecule has 19 heavy (non-hydrogen) atoms. The van der Waals surface area contributed by atoms with Crippen molar-refractivity contribution in [2.75, 3.05) is 13.2 Å². The van der Waals surface area contributed by atoms with Gasteiger partial charge in [0.2, 0.25) is 0 Å². The molecule has 2 amide bonds. The Balaban J connectivity index is 2.31. The second kappa shape index (κ2) is 4.33. The molecule has 1 heterocycles. The second-order valence-electron chi connectivity index (χ2n) is 4.31. The first-order valence-electron chi connectivity index (χ1n) is 5.83. The van der Waals surface area contributed by atoms with Crippen LogP contribution in [0.5, 0.6) is 0 Å². The van der Waals surface area contributed by atoms with Crippen LogP contribution in [0.2, 0.25) is 5.02 Å². The molecule has 0 bridgehead atoms. The molecule has 0 saturated carbocycles. The maximum atomic E-state index is 12.3. The van der Waals surface area contributed by atoms with Crippen molar-refractivity contribution in [3.63, 3.8) is 0 Å². The van der Waals surface area contributed by atoms with Crippen LogP contribution in [0, 0.1) is 0 Å².